The van der Waals surface area contributed by atoms with Gasteiger partial charge >= 0.3 is 12.1 Å². The zero-order valence-electron chi connectivity index (χ0n) is 14.4. The predicted octanol–water partition coefficient (Wildman–Crippen LogP) is 3.41. The number of para-hydroxylation sites is 1. The molecule has 134 valence electrons. The Bertz CT molecular complexity index is 758. The summed E-state index contributed by atoms with van der Waals surface area (Å²) in [5.74, 6) is -0.631. The van der Waals surface area contributed by atoms with Crippen LogP contribution in [-0.4, -0.2) is 34.8 Å². The topological polar surface area (TPSA) is 77.5 Å². The number of hydrogen-bond acceptors (Lipinski definition) is 5. The number of carbonyl (C=O) groups excluding carboxylic acids is 2. The maximum absolute atomic E-state index is 12.1. The molecule has 0 aliphatic rings. The van der Waals surface area contributed by atoms with E-state index in [9.17, 15) is 9.59 Å². The molecule has 7 heteroatoms. The summed E-state index contributed by atoms with van der Waals surface area (Å²) in [5, 5.41) is 3.48. The lowest BCUT2D eigenvalue weighted by molar-refractivity contribution is -0.144. The number of rotatable bonds is 5. The third-order valence-corrected chi connectivity index (χ3v) is 3.37. The van der Waals surface area contributed by atoms with E-state index in [1.54, 1.807) is 27.0 Å². The van der Waals surface area contributed by atoms with Crippen LogP contribution in [-0.2, 0) is 20.7 Å². The minimum Gasteiger partial charge on any atom is -0.448 e. The summed E-state index contributed by atoms with van der Waals surface area (Å²) in [6.07, 6.45) is 1.19. The lowest BCUT2D eigenvalue weighted by Gasteiger charge is -2.22. The number of esters is 1. The molecule has 25 heavy (non-hydrogen) atoms. The van der Waals surface area contributed by atoms with Crippen molar-refractivity contribution in [2.24, 2.45) is 0 Å². The highest BCUT2D eigenvalue weighted by Crippen LogP contribution is 2.15. The molecule has 1 heterocycles. The van der Waals surface area contributed by atoms with Crippen LogP contribution in [0.25, 0.3) is 10.9 Å². The Morgan fingerprint density at radius 3 is 2.68 bits per heavy atom. The van der Waals surface area contributed by atoms with Gasteiger partial charge in [0.25, 0.3) is 0 Å². The van der Waals surface area contributed by atoms with Crippen LogP contribution in [0, 0.1) is 0 Å². The Labute approximate surface area is 151 Å². The van der Waals surface area contributed by atoms with E-state index >= 15 is 0 Å². The van der Waals surface area contributed by atoms with Crippen LogP contribution >= 0.6 is 11.6 Å². The van der Waals surface area contributed by atoms with Crippen LogP contribution in [0.3, 0.4) is 0 Å². The van der Waals surface area contributed by atoms with E-state index in [-0.39, 0.29) is 12.5 Å². The van der Waals surface area contributed by atoms with Crippen molar-refractivity contribution in [2.75, 3.05) is 6.07 Å². The fraction of sp³-hybridized carbons (Fsp3) is 0.389. The Morgan fingerprint density at radius 2 is 2.00 bits per heavy atom. The molecule has 2 aromatic rings. The lowest BCUT2D eigenvalue weighted by atomic mass is 10.1. The van der Waals surface area contributed by atoms with Crippen molar-refractivity contribution in [2.45, 2.75) is 38.8 Å². The van der Waals surface area contributed by atoms with Crippen LogP contribution in [0.1, 0.15) is 26.3 Å². The van der Waals surface area contributed by atoms with Crippen molar-refractivity contribution in [1.29, 1.82) is 0 Å². The lowest BCUT2D eigenvalue weighted by Crippen LogP contribution is -2.45. The Kier molecular flexibility index (Phi) is 6.20. The van der Waals surface area contributed by atoms with E-state index < -0.39 is 23.7 Å². The molecule has 1 atom stereocenters. The first-order chi connectivity index (χ1) is 11.8. The average molecular weight is 365 g/mol. The second kappa shape index (κ2) is 8.16. The van der Waals surface area contributed by atoms with Gasteiger partial charge < -0.3 is 14.8 Å². The highest BCUT2D eigenvalue weighted by atomic mass is 35.5. The van der Waals surface area contributed by atoms with Gasteiger partial charge in [0, 0.05) is 18.0 Å². The van der Waals surface area contributed by atoms with Crippen molar-refractivity contribution in [3.63, 3.8) is 0 Å². The standard InChI is InChI=1S/C18H21ClN2O4/c1-18(2,3)25-17(23)21-15(16(22)24-11-19)9-12-8-13-6-4-5-7-14(13)20-10-12/h4-8,10,15H,9,11H2,1-3H3,(H,21,23)/t15-/m0/s1. The van der Waals surface area contributed by atoms with E-state index in [0.29, 0.717) is 0 Å². The number of aromatic nitrogens is 1. The van der Waals surface area contributed by atoms with Crippen molar-refractivity contribution in [3.05, 3.63) is 42.1 Å². The molecule has 0 aliphatic heterocycles. The summed E-state index contributed by atoms with van der Waals surface area (Å²) in [7, 11) is 0. The minimum atomic E-state index is -0.920. The van der Waals surface area contributed by atoms with Gasteiger partial charge in [-0.2, -0.15) is 0 Å². The van der Waals surface area contributed by atoms with Gasteiger partial charge in [-0.1, -0.05) is 29.8 Å². The van der Waals surface area contributed by atoms with E-state index in [4.69, 9.17) is 21.1 Å². The summed E-state index contributed by atoms with van der Waals surface area (Å²) in [4.78, 5) is 28.5. The normalized spacial score (nSPS) is 12.5. The number of amides is 1. The molecule has 0 spiro atoms. The number of alkyl halides is 1. The van der Waals surface area contributed by atoms with Crippen LogP contribution in [0.2, 0.25) is 0 Å². The first kappa shape index (κ1) is 19.0. The zero-order chi connectivity index (χ0) is 18.4. The third kappa shape index (κ3) is 5.90. The van der Waals surface area contributed by atoms with E-state index in [0.717, 1.165) is 16.5 Å². The van der Waals surface area contributed by atoms with Crippen LogP contribution in [0.15, 0.2) is 36.5 Å². The first-order valence-electron chi connectivity index (χ1n) is 7.84. The van der Waals surface area contributed by atoms with E-state index in [1.165, 1.54) is 0 Å². The van der Waals surface area contributed by atoms with Gasteiger partial charge in [-0.25, -0.2) is 9.59 Å². The summed E-state index contributed by atoms with van der Waals surface area (Å²) in [6, 6.07) is 8.35. The minimum absolute atomic E-state index is 0.215. The van der Waals surface area contributed by atoms with Crippen LogP contribution in [0.5, 0.6) is 0 Å². The number of carbonyl (C=O) groups is 2. The molecule has 0 unspecified atom stereocenters. The van der Waals surface area contributed by atoms with Crippen molar-refractivity contribution in [3.8, 4) is 0 Å². The number of fused-ring (bicyclic) bond motifs is 1. The quantitative estimate of drug-likeness (QED) is 0.649. The average Bonchev–Trinajstić information content (AvgIpc) is 2.52. The van der Waals surface area contributed by atoms with Crippen molar-refractivity contribution >= 4 is 34.6 Å². The van der Waals surface area contributed by atoms with Crippen molar-refractivity contribution in [1.82, 2.24) is 10.3 Å². The van der Waals surface area contributed by atoms with Crippen LogP contribution in [0.4, 0.5) is 4.79 Å². The molecule has 0 aliphatic carbocycles. The van der Waals surface area contributed by atoms with Gasteiger partial charge in [0.2, 0.25) is 0 Å². The summed E-state index contributed by atoms with van der Waals surface area (Å²) < 4.78 is 10.0. The van der Waals surface area contributed by atoms with Crippen LogP contribution < -0.4 is 5.32 Å². The Balaban J connectivity index is 2.16. The maximum Gasteiger partial charge on any atom is 0.408 e. The number of alkyl carbamates (subject to hydrolysis) is 1. The smallest absolute Gasteiger partial charge is 0.408 e. The molecule has 1 N–H and O–H groups in total. The SMILES string of the molecule is CC(C)(C)OC(=O)N[C@@H](Cc1cnc2ccccc2c1)C(=O)OCCl. The number of benzene rings is 1. The molecule has 0 fully saturated rings. The molecular formula is C18H21ClN2O4. The van der Waals surface area contributed by atoms with E-state index in [2.05, 4.69) is 10.3 Å². The van der Waals surface area contributed by atoms with Gasteiger partial charge in [0.15, 0.2) is 6.07 Å². The molecule has 0 radical (unpaired) electrons. The molecule has 0 bridgehead atoms. The van der Waals surface area contributed by atoms with Gasteiger partial charge in [0.05, 0.1) is 5.52 Å². The number of ether oxygens (including phenoxy) is 2. The molecule has 0 saturated carbocycles. The fourth-order valence-corrected chi connectivity index (χ4v) is 2.37. The van der Waals surface area contributed by atoms with Gasteiger partial charge in [-0.05, 0) is 38.5 Å². The highest BCUT2D eigenvalue weighted by molar-refractivity contribution is 6.17. The maximum atomic E-state index is 12.1. The van der Waals surface area contributed by atoms with Gasteiger partial charge in [-0.15, -0.1) is 0 Å². The number of nitrogens with zero attached hydrogens (tertiary/aromatic N) is 1. The Morgan fingerprint density at radius 1 is 1.28 bits per heavy atom. The molecular weight excluding hydrogens is 344 g/mol. The summed E-state index contributed by atoms with van der Waals surface area (Å²) in [5.41, 5.74) is 0.965. The largest absolute Gasteiger partial charge is 0.448 e. The molecule has 1 aromatic carbocycles. The highest BCUT2D eigenvalue weighted by Gasteiger charge is 2.26. The molecule has 6 nitrogen and oxygen atoms in total. The number of pyridine rings is 1. The fourth-order valence-electron chi connectivity index (χ4n) is 2.26. The first-order valence-corrected chi connectivity index (χ1v) is 8.38. The molecule has 2 rings (SSSR count). The van der Waals surface area contributed by atoms with Gasteiger partial charge in [-0.3, -0.25) is 4.98 Å². The molecule has 0 saturated heterocycles. The van der Waals surface area contributed by atoms with E-state index in [1.807, 2.05) is 30.3 Å². The number of halogens is 1. The summed E-state index contributed by atoms with van der Waals surface area (Å²) >= 11 is 5.47. The second-order valence-corrected chi connectivity index (χ2v) is 6.73. The monoisotopic (exact) mass is 364 g/mol. The second-order valence-electron chi connectivity index (χ2n) is 6.51. The number of nitrogens with one attached hydrogen (secondary N) is 1. The third-order valence-electron chi connectivity index (χ3n) is 3.26. The zero-order valence-corrected chi connectivity index (χ0v) is 15.2. The number of hydrogen-bond donors (Lipinski definition) is 1. The summed E-state index contributed by atoms with van der Waals surface area (Å²) in [6.45, 7) is 5.23. The molecule has 1 amide bonds. The van der Waals surface area contributed by atoms with Gasteiger partial charge in [0.1, 0.15) is 11.6 Å². The molecule has 1 aromatic heterocycles. The Hall–Kier alpha value is -2.34. The van der Waals surface area contributed by atoms with Crippen molar-refractivity contribution < 1.29 is 19.1 Å². The predicted molar refractivity (Wildman–Crippen MR) is 95.4 cm³/mol.